The van der Waals surface area contributed by atoms with Crippen LogP contribution in [0.1, 0.15) is 99.6 Å². The van der Waals surface area contributed by atoms with Crippen molar-refractivity contribution >= 4 is 41.6 Å². The summed E-state index contributed by atoms with van der Waals surface area (Å²) in [4.78, 5) is 51.5. The average Bonchev–Trinajstić information content (AvgIpc) is 1.56. The van der Waals surface area contributed by atoms with Gasteiger partial charge in [0, 0.05) is 52.8 Å². The molecule has 10 aliphatic heterocycles. The molecule has 35 atom stereocenters. The molecule has 112 heavy (non-hydrogen) atoms. The zero-order valence-corrected chi connectivity index (χ0v) is 64.9. The number of phenolic OH excluding ortho intramolecular Hbond substituents is 3. The van der Waals surface area contributed by atoms with Crippen molar-refractivity contribution < 1.29 is 184 Å². The summed E-state index contributed by atoms with van der Waals surface area (Å²) in [6, 6.07) is 2.11. The number of fused-ring (bicyclic) bond motifs is 2. The number of aliphatic hydroxyl groups excluding tert-OH is 6. The number of ether oxygens (including phenoxy) is 25. The molecule has 10 aliphatic rings. The number of nitrogens with zero attached hydrogens (tertiary/aromatic N) is 1. The van der Waals surface area contributed by atoms with Crippen molar-refractivity contribution in [1.29, 1.82) is 0 Å². The first-order chi connectivity index (χ1) is 52.9. The highest BCUT2D eigenvalue weighted by atomic mass is 35.5. The van der Waals surface area contributed by atoms with Crippen LogP contribution in [-0.2, 0) is 118 Å². The summed E-state index contributed by atoms with van der Waals surface area (Å²) in [5, 5.41) is 116. The number of nitro groups is 1. The molecule has 40 nitrogen and oxygen atoms in total. The van der Waals surface area contributed by atoms with Gasteiger partial charge in [0.15, 0.2) is 79.8 Å². The molecule has 2 aromatic rings. The molecular formula is C70H97Cl2NO39. The highest BCUT2D eigenvalue weighted by Gasteiger charge is 2.70. The minimum atomic E-state index is -2.46. The van der Waals surface area contributed by atoms with E-state index in [2.05, 4.69) is 0 Å². The van der Waals surface area contributed by atoms with E-state index in [0.29, 0.717) is 0 Å². The van der Waals surface area contributed by atoms with Gasteiger partial charge in [0.2, 0.25) is 0 Å². The second kappa shape index (κ2) is 34.1. The molecule has 42 heteroatoms. The molecule has 0 radical (unpaired) electrons. The second-order valence-corrected chi connectivity index (χ2v) is 30.4. The summed E-state index contributed by atoms with van der Waals surface area (Å²) in [7, 11) is 6.42. The lowest BCUT2D eigenvalue weighted by Crippen LogP contribution is -2.68. The zero-order valence-electron chi connectivity index (χ0n) is 63.3. The van der Waals surface area contributed by atoms with E-state index in [0.717, 1.165) is 6.07 Å². The highest BCUT2D eigenvalue weighted by molar-refractivity contribution is 6.39. The summed E-state index contributed by atoms with van der Waals surface area (Å²) in [5.74, 6) is -8.40. The quantitative estimate of drug-likeness (QED) is 0.0239. The van der Waals surface area contributed by atoms with Crippen LogP contribution in [0.3, 0.4) is 0 Å². The van der Waals surface area contributed by atoms with E-state index in [4.69, 9.17) is 142 Å². The molecule has 0 aromatic heterocycles. The predicted molar refractivity (Wildman–Crippen MR) is 365 cm³/mol. The van der Waals surface area contributed by atoms with E-state index in [1.807, 2.05) is 0 Å². The van der Waals surface area contributed by atoms with Crippen LogP contribution in [0.4, 0.5) is 0 Å². The zero-order chi connectivity index (χ0) is 81.4. The summed E-state index contributed by atoms with van der Waals surface area (Å²) >= 11 is 12.8. The Morgan fingerprint density at radius 3 is 1.96 bits per heavy atom. The molecule has 2 aromatic carbocycles. The third-order valence-corrected chi connectivity index (χ3v) is 23.0. The normalized spacial score (nSPS) is 44.8. The molecule has 0 aliphatic carbocycles. The lowest BCUT2D eigenvalue weighted by molar-refractivity contribution is -0.595. The molecule has 12 rings (SSSR count). The van der Waals surface area contributed by atoms with Gasteiger partial charge < -0.3 is 164 Å². The Labute approximate surface area is 650 Å². The summed E-state index contributed by atoms with van der Waals surface area (Å²) in [6.45, 7) is 12.3. The van der Waals surface area contributed by atoms with Gasteiger partial charge in [-0.2, -0.15) is 0 Å². The van der Waals surface area contributed by atoms with Gasteiger partial charge in [-0.05, 0) is 72.6 Å². The highest BCUT2D eigenvalue weighted by Crippen LogP contribution is 2.53. The van der Waals surface area contributed by atoms with Crippen LogP contribution in [0.2, 0.25) is 10.0 Å². The number of benzene rings is 2. The summed E-state index contributed by atoms with van der Waals surface area (Å²) in [5.41, 5.74) is -3.84. The van der Waals surface area contributed by atoms with Crippen molar-refractivity contribution in [3.05, 3.63) is 54.5 Å². The third-order valence-electron chi connectivity index (χ3n) is 22.2. The van der Waals surface area contributed by atoms with Crippen LogP contribution in [0, 0.1) is 24.0 Å². The number of phenols is 3. The standard InChI is InChI=1S/C70H97Cl2NO39/c1-24-15-31(75)16-32(76)40(24)61(84)101-36-22-95-70(57(82)53(36)94-23-74)109-37-21-93-63(46(80)52(37)110-70)107-65-56(91-13)45(79)51(35(102-65)20-88-10)105-64-47(81)55(50(89-11)27(4)98-64)106-66-58(83)68(9)60(30(7)99-66)111-69(112-68)18-33(77)48(28(5)108-69)103-38-17-34(100-39-19-67(8,73(86)87)59(92-14)29(6)97-39)49(26(3)96-38)104-62(85)41-25(2)42(71)44(78)43(72)54(41)90-12/h15-16,23,26-30,33-39,45-53,55-60,63-66,75-83H,17-22H2,1-14H3/t26-,27-,28-,29+,30-,33-,34-,35-,36-,37+,38+,39+,45+,46-,47-,48-,49-,50+,51-,52-,53+,55-,56+,57-,58-,59+,60-,63+,64+,65+,66+,67+,68-,69-,70-/m1/s1. The van der Waals surface area contributed by atoms with Crippen LogP contribution >= 0.6 is 23.2 Å². The Kier molecular flexibility index (Phi) is 26.3. The molecule has 0 saturated carbocycles. The molecule has 0 bridgehead atoms. The number of carbonyl (C=O) groups excluding carboxylic acids is 3. The van der Waals surface area contributed by atoms with Gasteiger partial charge in [0.05, 0.1) is 81.4 Å². The second-order valence-electron chi connectivity index (χ2n) is 29.7. The van der Waals surface area contributed by atoms with Crippen LogP contribution in [0.15, 0.2) is 12.1 Å². The molecular weight excluding hydrogens is 1550 g/mol. The first-order valence-corrected chi connectivity index (χ1v) is 37.0. The van der Waals surface area contributed by atoms with Crippen molar-refractivity contribution in [3.63, 3.8) is 0 Å². The number of aryl methyl sites for hydroxylation is 1. The Balaban J connectivity index is 0.685. The molecule has 0 unspecified atom stereocenters. The number of rotatable bonds is 23. The van der Waals surface area contributed by atoms with Gasteiger partial charge in [-0.1, -0.05) is 23.2 Å². The SMILES string of the molecule is COC[C@H]1O[C@@H](O[C@@H]2OC[C@@H]3O[C@@]4(OC[C@@H](OC(=O)c5c(C)cc(O)cc5O)[C@H](OC=O)[C@H]4O)O[C@H]3[C@H]2O)[C@@H](OC)[C@@H](O)[C@@H]1O[C@@H]1O[C@H](C)[C@H](OC)[C@H](O[C@@H]2O[C@H](C)[C@H]3O[C@]4(C[C@@H](O)[C@H](O[C@H]5C[C@@H](O[C@H]6C[C@](C)([N+](=O)[O-])[C@@H](OC)[C@H](C)O6)[C@H](OC(=O)c6c(C)c(Cl)c(O)c(Cl)c6OC)[C@@H](C)O5)[C@@H](C)O4)O[C@]3(C)[C@@H]2O)[C@H]1O. The topological polar surface area (TPSA) is 507 Å². The van der Waals surface area contributed by atoms with Gasteiger partial charge in [-0.25, -0.2) is 9.59 Å². The number of hydrogen-bond donors (Lipinski definition) is 9. The van der Waals surface area contributed by atoms with E-state index in [9.17, 15) is 70.5 Å². The van der Waals surface area contributed by atoms with E-state index < -0.39 is 261 Å². The van der Waals surface area contributed by atoms with Crippen LogP contribution in [0.5, 0.6) is 23.0 Å². The smallest absolute Gasteiger partial charge is 0.342 e. The summed E-state index contributed by atoms with van der Waals surface area (Å²) in [6.07, 6.45) is -44.1. The van der Waals surface area contributed by atoms with E-state index in [1.165, 1.54) is 69.3 Å². The number of hydrogen-bond acceptors (Lipinski definition) is 39. The number of methoxy groups -OCH3 is 5. The number of esters is 2. The van der Waals surface area contributed by atoms with E-state index >= 15 is 0 Å². The Bertz CT molecular complexity index is 3650. The lowest BCUT2D eigenvalue weighted by atomic mass is 9.85. The maximum absolute atomic E-state index is 14.3. The van der Waals surface area contributed by atoms with Gasteiger partial charge >= 0.3 is 17.9 Å². The van der Waals surface area contributed by atoms with Gasteiger partial charge in [0.1, 0.15) is 119 Å². The largest absolute Gasteiger partial charge is 0.508 e. The van der Waals surface area contributed by atoms with Gasteiger partial charge in [-0.3, -0.25) is 14.9 Å². The van der Waals surface area contributed by atoms with E-state index in [-0.39, 0.29) is 69.7 Å². The van der Waals surface area contributed by atoms with E-state index in [1.54, 1.807) is 34.6 Å². The van der Waals surface area contributed by atoms with Crippen LogP contribution in [0.25, 0.3) is 0 Å². The molecule has 10 fully saturated rings. The first-order valence-electron chi connectivity index (χ1n) is 36.2. The van der Waals surface area contributed by atoms with Crippen molar-refractivity contribution in [2.45, 2.75) is 295 Å². The number of halogens is 2. The monoisotopic (exact) mass is 1650 g/mol. The van der Waals surface area contributed by atoms with Crippen molar-refractivity contribution in [2.75, 3.05) is 55.4 Å². The minimum absolute atomic E-state index is 0.0217. The fourth-order valence-electron chi connectivity index (χ4n) is 16.7. The first kappa shape index (κ1) is 86.3. The molecule has 9 N–H and O–H groups in total. The molecule has 10 heterocycles. The lowest BCUT2D eigenvalue weighted by Gasteiger charge is -2.50. The van der Waals surface area contributed by atoms with Crippen molar-refractivity contribution in [3.8, 4) is 23.0 Å². The number of aliphatic hydroxyl groups is 6. The maximum atomic E-state index is 14.3. The van der Waals surface area contributed by atoms with Crippen molar-refractivity contribution in [1.82, 2.24) is 0 Å². The molecule has 0 amide bonds. The van der Waals surface area contributed by atoms with Gasteiger partial charge in [-0.15, -0.1) is 0 Å². The Morgan fingerprint density at radius 1 is 0.634 bits per heavy atom. The third kappa shape index (κ3) is 16.0. The fourth-order valence-corrected chi connectivity index (χ4v) is 17.2. The average molecular weight is 1650 g/mol. The maximum Gasteiger partial charge on any atom is 0.342 e. The fraction of sp³-hybridized carbons (Fsp3) is 0.786. The van der Waals surface area contributed by atoms with Gasteiger partial charge in [0.25, 0.3) is 18.0 Å². The van der Waals surface area contributed by atoms with Crippen LogP contribution < -0.4 is 4.74 Å². The van der Waals surface area contributed by atoms with Crippen LogP contribution in [-0.4, -0.2) is 338 Å². The number of carbonyl (C=O) groups is 3. The summed E-state index contributed by atoms with van der Waals surface area (Å²) < 4.78 is 152. The number of aromatic hydroxyl groups is 3. The minimum Gasteiger partial charge on any atom is -0.508 e. The Morgan fingerprint density at radius 2 is 1.31 bits per heavy atom. The van der Waals surface area contributed by atoms with Crippen molar-refractivity contribution in [2.24, 2.45) is 0 Å². The predicted octanol–water partition coefficient (Wildman–Crippen LogP) is 0.423. The molecule has 10 saturated heterocycles. The molecule has 2 spiro atoms. The Hall–Kier alpha value is -5.05. The molecule has 630 valence electrons.